The molecule has 2 rings (SSSR count). The molecule has 0 atom stereocenters. The molecule has 0 spiro atoms. The molecular formula is C14H21BrN4OS. The summed E-state index contributed by atoms with van der Waals surface area (Å²) >= 11 is 5.14. The van der Waals surface area contributed by atoms with Crippen molar-refractivity contribution in [2.45, 2.75) is 26.3 Å². The number of halogens is 1. The predicted octanol–water partition coefficient (Wildman–Crippen LogP) is 2.19. The van der Waals surface area contributed by atoms with E-state index in [0.717, 1.165) is 36.3 Å². The Labute approximate surface area is 137 Å². The predicted molar refractivity (Wildman–Crippen MR) is 90.7 cm³/mol. The Morgan fingerprint density at radius 1 is 1.38 bits per heavy atom. The van der Waals surface area contributed by atoms with Crippen molar-refractivity contribution in [3.05, 3.63) is 20.8 Å². The van der Waals surface area contributed by atoms with Crippen molar-refractivity contribution >= 4 is 39.1 Å². The number of rotatable bonds is 5. The van der Waals surface area contributed by atoms with E-state index in [1.165, 1.54) is 4.88 Å². The van der Waals surface area contributed by atoms with Crippen LogP contribution in [-0.2, 0) is 11.3 Å². The number of nitrogens with one attached hydrogen (secondary N) is 2. The molecule has 1 amide bonds. The topological polar surface area (TPSA) is 56.7 Å². The SMILES string of the molecule is CCNC(=NCC(=O)N1CCCC1)NCc1ccc(Br)s1. The van der Waals surface area contributed by atoms with Gasteiger partial charge in [0.25, 0.3) is 0 Å². The molecular weight excluding hydrogens is 352 g/mol. The standard InChI is InChI=1S/C14H21BrN4OS/c1-2-16-14(17-9-11-5-6-12(15)21-11)18-10-13(20)19-7-3-4-8-19/h5-6H,2-4,7-10H2,1H3,(H2,16,17,18). The van der Waals surface area contributed by atoms with E-state index in [1.807, 2.05) is 17.9 Å². The number of amides is 1. The van der Waals surface area contributed by atoms with Crippen molar-refractivity contribution in [1.82, 2.24) is 15.5 Å². The van der Waals surface area contributed by atoms with Crippen molar-refractivity contribution < 1.29 is 4.79 Å². The van der Waals surface area contributed by atoms with Gasteiger partial charge in [-0.05, 0) is 47.8 Å². The Balaban J connectivity index is 1.84. The summed E-state index contributed by atoms with van der Waals surface area (Å²) in [5, 5.41) is 6.42. The van der Waals surface area contributed by atoms with E-state index in [9.17, 15) is 4.79 Å². The average molecular weight is 373 g/mol. The van der Waals surface area contributed by atoms with E-state index in [1.54, 1.807) is 11.3 Å². The molecule has 0 radical (unpaired) electrons. The molecule has 21 heavy (non-hydrogen) atoms. The summed E-state index contributed by atoms with van der Waals surface area (Å²) < 4.78 is 1.12. The molecule has 7 heteroatoms. The van der Waals surface area contributed by atoms with Gasteiger partial charge in [-0.25, -0.2) is 4.99 Å². The first-order valence-electron chi connectivity index (χ1n) is 7.23. The lowest BCUT2D eigenvalue weighted by molar-refractivity contribution is -0.128. The van der Waals surface area contributed by atoms with Crippen LogP contribution >= 0.6 is 27.3 Å². The Morgan fingerprint density at radius 3 is 2.76 bits per heavy atom. The number of aliphatic imine (C=N–C) groups is 1. The Kier molecular flexibility index (Phi) is 6.50. The third-order valence-electron chi connectivity index (χ3n) is 3.23. The lowest BCUT2D eigenvalue weighted by atomic mass is 10.4. The summed E-state index contributed by atoms with van der Waals surface area (Å²) in [6, 6.07) is 4.10. The molecule has 116 valence electrons. The molecule has 0 bridgehead atoms. The summed E-state index contributed by atoms with van der Waals surface area (Å²) in [5.41, 5.74) is 0. The highest BCUT2D eigenvalue weighted by Crippen LogP contribution is 2.21. The number of nitrogens with zero attached hydrogens (tertiary/aromatic N) is 2. The fourth-order valence-corrected chi connectivity index (χ4v) is 3.60. The first-order valence-corrected chi connectivity index (χ1v) is 8.84. The van der Waals surface area contributed by atoms with Gasteiger partial charge >= 0.3 is 0 Å². The van der Waals surface area contributed by atoms with E-state index >= 15 is 0 Å². The van der Waals surface area contributed by atoms with Crippen LogP contribution in [0, 0.1) is 0 Å². The highest BCUT2D eigenvalue weighted by molar-refractivity contribution is 9.11. The summed E-state index contributed by atoms with van der Waals surface area (Å²) in [5.74, 6) is 0.804. The van der Waals surface area contributed by atoms with Crippen LogP contribution in [0.5, 0.6) is 0 Å². The molecule has 2 heterocycles. The molecule has 1 aromatic rings. The van der Waals surface area contributed by atoms with Gasteiger partial charge in [0.2, 0.25) is 5.91 Å². The number of thiophene rings is 1. The van der Waals surface area contributed by atoms with Gasteiger partial charge in [-0.2, -0.15) is 0 Å². The van der Waals surface area contributed by atoms with Gasteiger partial charge in [0, 0.05) is 24.5 Å². The minimum Gasteiger partial charge on any atom is -0.357 e. The smallest absolute Gasteiger partial charge is 0.244 e. The third-order valence-corrected chi connectivity index (χ3v) is 4.86. The summed E-state index contributed by atoms with van der Waals surface area (Å²) in [6.07, 6.45) is 2.22. The van der Waals surface area contributed by atoms with E-state index in [2.05, 4.69) is 37.6 Å². The van der Waals surface area contributed by atoms with Gasteiger partial charge in [0.15, 0.2) is 5.96 Å². The van der Waals surface area contributed by atoms with Crippen LogP contribution in [0.15, 0.2) is 20.9 Å². The number of carbonyl (C=O) groups is 1. The zero-order chi connectivity index (χ0) is 15.1. The lowest BCUT2D eigenvalue weighted by Crippen LogP contribution is -2.38. The van der Waals surface area contributed by atoms with Gasteiger partial charge in [-0.1, -0.05) is 0 Å². The van der Waals surface area contributed by atoms with Crippen LogP contribution in [0.3, 0.4) is 0 Å². The highest BCUT2D eigenvalue weighted by atomic mass is 79.9. The number of hydrogen-bond acceptors (Lipinski definition) is 3. The minimum atomic E-state index is 0.114. The van der Waals surface area contributed by atoms with Crippen molar-refractivity contribution in [1.29, 1.82) is 0 Å². The Hall–Kier alpha value is -1.08. The van der Waals surface area contributed by atoms with Gasteiger partial charge in [-0.3, -0.25) is 4.79 Å². The van der Waals surface area contributed by atoms with Crippen LogP contribution < -0.4 is 10.6 Å². The first-order chi connectivity index (χ1) is 10.2. The molecule has 0 unspecified atom stereocenters. The van der Waals surface area contributed by atoms with E-state index < -0.39 is 0 Å². The fourth-order valence-electron chi connectivity index (χ4n) is 2.17. The van der Waals surface area contributed by atoms with Gasteiger partial charge < -0.3 is 15.5 Å². The fraction of sp³-hybridized carbons (Fsp3) is 0.571. The zero-order valence-electron chi connectivity index (χ0n) is 12.2. The van der Waals surface area contributed by atoms with Crippen LogP contribution in [-0.4, -0.2) is 42.9 Å². The quantitative estimate of drug-likeness (QED) is 0.615. The number of likely N-dealkylation sites (tertiary alicyclic amines) is 1. The van der Waals surface area contributed by atoms with Gasteiger partial charge in [-0.15, -0.1) is 11.3 Å². The maximum Gasteiger partial charge on any atom is 0.244 e. The Morgan fingerprint density at radius 2 is 2.14 bits per heavy atom. The third kappa shape index (κ3) is 5.32. The normalized spacial score (nSPS) is 15.3. The van der Waals surface area contributed by atoms with E-state index in [-0.39, 0.29) is 12.5 Å². The van der Waals surface area contributed by atoms with Gasteiger partial charge in [0.05, 0.1) is 10.3 Å². The zero-order valence-corrected chi connectivity index (χ0v) is 14.6. The molecule has 1 aliphatic rings. The first kappa shape index (κ1) is 16.3. The van der Waals surface area contributed by atoms with Crippen LogP contribution in [0.1, 0.15) is 24.6 Å². The van der Waals surface area contributed by atoms with Crippen LogP contribution in [0.25, 0.3) is 0 Å². The monoisotopic (exact) mass is 372 g/mol. The summed E-state index contributed by atoms with van der Waals surface area (Å²) in [7, 11) is 0. The average Bonchev–Trinajstić information content (AvgIpc) is 3.13. The van der Waals surface area contributed by atoms with E-state index in [0.29, 0.717) is 12.5 Å². The van der Waals surface area contributed by atoms with Crippen molar-refractivity contribution in [2.75, 3.05) is 26.2 Å². The molecule has 5 nitrogen and oxygen atoms in total. The molecule has 2 N–H and O–H groups in total. The lowest BCUT2D eigenvalue weighted by Gasteiger charge is -2.15. The van der Waals surface area contributed by atoms with Gasteiger partial charge in [0.1, 0.15) is 6.54 Å². The molecule has 0 saturated carbocycles. The second-order valence-electron chi connectivity index (χ2n) is 4.84. The Bertz CT molecular complexity index is 497. The van der Waals surface area contributed by atoms with E-state index in [4.69, 9.17) is 0 Å². The second kappa shape index (κ2) is 8.38. The maximum atomic E-state index is 12.0. The number of guanidine groups is 1. The molecule has 0 aromatic carbocycles. The minimum absolute atomic E-state index is 0.114. The number of carbonyl (C=O) groups excluding carboxylic acids is 1. The summed E-state index contributed by atoms with van der Waals surface area (Å²) in [6.45, 7) is 5.46. The highest BCUT2D eigenvalue weighted by Gasteiger charge is 2.17. The molecule has 0 aliphatic carbocycles. The van der Waals surface area contributed by atoms with Crippen LogP contribution in [0.4, 0.5) is 0 Å². The van der Waals surface area contributed by atoms with Crippen molar-refractivity contribution in [3.8, 4) is 0 Å². The van der Waals surface area contributed by atoms with Crippen molar-refractivity contribution in [2.24, 2.45) is 4.99 Å². The number of hydrogen-bond donors (Lipinski definition) is 2. The van der Waals surface area contributed by atoms with Crippen molar-refractivity contribution in [3.63, 3.8) is 0 Å². The largest absolute Gasteiger partial charge is 0.357 e. The molecule has 1 aromatic heterocycles. The summed E-state index contributed by atoms with van der Waals surface area (Å²) in [4.78, 5) is 19.5. The molecule has 1 aliphatic heterocycles. The molecule has 1 saturated heterocycles. The maximum absolute atomic E-state index is 12.0. The molecule has 1 fully saturated rings. The van der Waals surface area contributed by atoms with Crippen LogP contribution in [0.2, 0.25) is 0 Å². The second-order valence-corrected chi connectivity index (χ2v) is 7.39.